The molecule has 0 aromatic carbocycles. The van der Waals surface area contributed by atoms with Crippen LogP contribution in [0.5, 0.6) is 0 Å². The van der Waals surface area contributed by atoms with Crippen molar-refractivity contribution in [3.63, 3.8) is 0 Å². The van der Waals surface area contributed by atoms with Gasteiger partial charge in [-0.1, -0.05) is 6.92 Å². The van der Waals surface area contributed by atoms with E-state index in [-0.39, 0.29) is 6.17 Å². The first-order chi connectivity index (χ1) is 2.81. The highest BCUT2D eigenvalue weighted by molar-refractivity contribution is 4.46. The van der Waals surface area contributed by atoms with Crippen LogP contribution in [-0.2, 0) is 0 Å². The zero-order valence-electron chi connectivity index (χ0n) is 4.36. The van der Waals surface area contributed by atoms with Crippen molar-refractivity contribution < 1.29 is 0 Å². The van der Waals surface area contributed by atoms with Gasteiger partial charge in [-0.25, -0.2) is 0 Å². The fourth-order valence-corrected chi connectivity index (χ4v) is 0.204. The second kappa shape index (κ2) is 3.12. The number of nitrogens with one attached hydrogen (secondary N) is 1. The van der Waals surface area contributed by atoms with Gasteiger partial charge in [0.2, 0.25) is 0 Å². The molecule has 0 aliphatic carbocycles. The van der Waals surface area contributed by atoms with Crippen LogP contribution < -0.4 is 11.1 Å². The quantitative estimate of drug-likeness (QED) is 0.463. The lowest BCUT2D eigenvalue weighted by Gasteiger charge is -2.02. The summed E-state index contributed by atoms with van der Waals surface area (Å²) in [6.45, 7) is 2.04. The number of nitrogens with two attached hydrogens (primary N) is 1. The molecule has 0 aromatic heterocycles. The predicted octanol–water partition coefficient (Wildman–Crippen LogP) is -0.0994. The van der Waals surface area contributed by atoms with Crippen molar-refractivity contribution >= 4 is 0 Å². The van der Waals surface area contributed by atoms with E-state index in [1.54, 1.807) is 0 Å². The van der Waals surface area contributed by atoms with Gasteiger partial charge in [0.15, 0.2) is 0 Å². The third kappa shape index (κ3) is 2.18. The van der Waals surface area contributed by atoms with Gasteiger partial charge < -0.3 is 11.1 Å². The first kappa shape index (κ1) is 5.92. The highest BCUT2D eigenvalue weighted by atomic mass is 15.0. The second-order valence-corrected chi connectivity index (χ2v) is 1.30. The summed E-state index contributed by atoms with van der Waals surface area (Å²) in [7, 11) is 1.86. The van der Waals surface area contributed by atoms with Crippen LogP contribution in [0.2, 0.25) is 0 Å². The largest absolute Gasteiger partial charge is 0.316 e. The Hall–Kier alpha value is -0.0800. The topological polar surface area (TPSA) is 38.0 Å². The number of hydrogen-bond donors (Lipinski definition) is 2. The van der Waals surface area contributed by atoms with Gasteiger partial charge in [0.25, 0.3) is 0 Å². The smallest absolute Gasteiger partial charge is 0.0541 e. The zero-order chi connectivity index (χ0) is 4.99. The standard InChI is InChI=1S/C4H12N2/c1-3-4(5)6-2/h4,6H,3,5H2,1-2H3. The Labute approximate surface area is 38.7 Å². The van der Waals surface area contributed by atoms with E-state index in [0.29, 0.717) is 0 Å². The van der Waals surface area contributed by atoms with Crippen LogP contribution in [0.25, 0.3) is 0 Å². The molecule has 6 heavy (non-hydrogen) atoms. The van der Waals surface area contributed by atoms with E-state index in [1.165, 1.54) is 0 Å². The Balaban J connectivity index is 2.75. The van der Waals surface area contributed by atoms with Crippen LogP contribution in [0.15, 0.2) is 0 Å². The Morgan fingerprint density at radius 3 is 2.33 bits per heavy atom. The molecule has 0 aliphatic heterocycles. The minimum absolute atomic E-state index is 0.185. The molecule has 0 heterocycles. The summed E-state index contributed by atoms with van der Waals surface area (Å²) in [6.07, 6.45) is 1.18. The molecule has 2 nitrogen and oxygen atoms in total. The summed E-state index contributed by atoms with van der Waals surface area (Å²) in [5.41, 5.74) is 5.36. The lowest BCUT2D eigenvalue weighted by atomic mass is 10.4. The van der Waals surface area contributed by atoms with Gasteiger partial charge in [0.1, 0.15) is 0 Å². The average Bonchev–Trinajstić information content (AvgIpc) is 1.65. The van der Waals surface area contributed by atoms with Gasteiger partial charge in [0.05, 0.1) is 6.17 Å². The lowest BCUT2D eigenvalue weighted by Crippen LogP contribution is -2.33. The molecule has 0 rings (SSSR count). The first-order valence-corrected chi connectivity index (χ1v) is 2.24. The van der Waals surface area contributed by atoms with E-state index in [9.17, 15) is 0 Å². The highest BCUT2D eigenvalue weighted by Crippen LogP contribution is 1.73. The maximum atomic E-state index is 5.36. The Morgan fingerprint density at radius 1 is 1.83 bits per heavy atom. The molecule has 0 bridgehead atoms. The fraction of sp³-hybridized carbons (Fsp3) is 1.00. The van der Waals surface area contributed by atoms with Crippen molar-refractivity contribution in [2.45, 2.75) is 19.5 Å². The Bertz CT molecular complexity index is 24.7. The average molecular weight is 88.2 g/mol. The summed E-state index contributed by atoms with van der Waals surface area (Å²) < 4.78 is 0. The molecule has 38 valence electrons. The maximum Gasteiger partial charge on any atom is 0.0541 e. The lowest BCUT2D eigenvalue weighted by molar-refractivity contribution is 0.568. The summed E-state index contributed by atoms with van der Waals surface area (Å²) >= 11 is 0. The molecule has 0 fully saturated rings. The van der Waals surface area contributed by atoms with Crippen LogP contribution in [-0.4, -0.2) is 13.2 Å². The van der Waals surface area contributed by atoms with E-state index in [1.807, 2.05) is 14.0 Å². The molecule has 0 aromatic rings. The van der Waals surface area contributed by atoms with Crippen LogP contribution in [0.3, 0.4) is 0 Å². The molecule has 0 spiro atoms. The summed E-state index contributed by atoms with van der Waals surface area (Å²) in [5, 5.41) is 2.89. The summed E-state index contributed by atoms with van der Waals surface area (Å²) in [4.78, 5) is 0. The minimum atomic E-state index is 0.185. The Morgan fingerprint density at radius 2 is 2.33 bits per heavy atom. The van der Waals surface area contributed by atoms with Gasteiger partial charge in [-0.2, -0.15) is 0 Å². The fourth-order valence-electron chi connectivity index (χ4n) is 0.204. The number of rotatable bonds is 2. The van der Waals surface area contributed by atoms with E-state index >= 15 is 0 Å². The van der Waals surface area contributed by atoms with Crippen molar-refractivity contribution in [1.82, 2.24) is 5.32 Å². The molecule has 0 saturated heterocycles. The van der Waals surface area contributed by atoms with Gasteiger partial charge in [-0.3, -0.25) is 0 Å². The van der Waals surface area contributed by atoms with E-state index in [0.717, 1.165) is 6.42 Å². The molecule has 3 N–H and O–H groups in total. The van der Waals surface area contributed by atoms with Gasteiger partial charge in [-0.05, 0) is 13.5 Å². The van der Waals surface area contributed by atoms with Gasteiger partial charge in [-0.15, -0.1) is 0 Å². The van der Waals surface area contributed by atoms with Crippen LogP contribution in [0.1, 0.15) is 13.3 Å². The molecular weight excluding hydrogens is 76.1 g/mol. The third-order valence-electron chi connectivity index (χ3n) is 0.811. The molecule has 0 aliphatic rings. The van der Waals surface area contributed by atoms with E-state index in [2.05, 4.69) is 5.32 Å². The van der Waals surface area contributed by atoms with E-state index in [4.69, 9.17) is 5.73 Å². The Kier molecular flexibility index (Phi) is 3.08. The van der Waals surface area contributed by atoms with Crippen molar-refractivity contribution in [1.29, 1.82) is 0 Å². The minimum Gasteiger partial charge on any atom is -0.316 e. The van der Waals surface area contributed by atoms with Crippen molar-refractivity contribution in [2.24, 2.45) is 5.73 Å². The number of hydrogen-bond acceptors (Lipinski definition) is 2. The van der Waals surface area contributed by atoms with Crippen molar-refractivity contribution in [3.05, 3.63) is 0 Å². The summed E-state index contributed by atoms with van der Waals surface area (Å²) in [6, 6.07) is 0. The monoisotopic (exact) mass is 88.1 g/mol. The molecule has 1 atom stereocenters. The van der Waals surface area contributed by atoms with Gasteiger partial charge in [0, 0.05) is 0 Å². The predicted molar refractivity (Wildman–Crippen MR) is 27.3 cm³/mol. The molecular formula is C4H12N2. The van der Waals surface area contributed by atoms with Gasteiger partial charge >= 0.3 is 0 Å². The van der Waals surface area contributed by atoms with Crippen LogP contribution in [0, 0.1) is 0 Å². The molecule has 0 radical (unpaired) electrons. The zero-order valence-corrected chi connectivity index (χ0v) is 4.36. The van der Waals surface area contributed by atoms with Crippen molar-refractivity contribution in [2.75, 3.05) is 7.05 Å². The van der Waals surface area contributed by atoms with E-state index < -0.39 is 0 Å². The second-order valence-electron chi connectivity index (χ2n) is 1.30. The molecule has 1 unspecified atom stereocenters. The normalized spacial score (nSPS) is 14.5. The first-order valence-electron chi connectivity index (χ1n) is 2.24. The summed E-state index contributed by atoms with van der Waals surface area (Å²) in [5.74, 6) is 0. The van der Waals surface area contributed by atoms with Crippen LogP contribution >= 0.6 is 0 Å². The highest BCUT2D eigenvalue weighted by Gasteiger charge is 1.86. The SMILES string of the molecule is CCC(N)NC. The third-order valence-corrected chi connectivity index (χ3v) is 0.811. The van der Waals surface area contributed by atoms with Crippen LogP contribution in [0.4, 0.5) is 0 Å². The maximum absolute atomic E-state index is 5.36. The molecule has 0 amide bonds. The molecule has 2 heteroatoms. The molecule has 0 saturated carbocycles. The van der Waals surface area contributed by atoms with Crippen molar-refractivity contribution in [3.8, 4) is 0 Å².